The molecule has 0 saturated heterocycles. The van der Waals surface area contributed by atoms with E-state index in [0.717, 1.165) is 0 Å². The lowest BCUT2D eigenvalue weighted by atomic mass is 9.94. The van der Waals surface area contributed by atoms with Gasteiger partial charge in [-0.15, -0.1) is 0 Å². The number of ether oxygens (including phenoxy) is 1. The number of hydrogen-bond donors (Lipinski definition) is 4. The highest BCUT2D eigenvalue weighted by molar-refractivity contribution is 5.68. The first-order valence-corrected chi connectivity index (χ1v) is 5.43. The average molecular weight is 245 g/mol. The Balaban J connectivity index is 2.58. The summed E-state index contributed by atoms with van der Waals surface area (Å²) >= 11 is 0. The molecule has 0 bridgehead atoms. The van der Waals surface area contributed by atoms with Crippen molar-refractivity contribution in [1.82, 2.24) is 5.32 Å². The van der Waals surface area contributed by atoms with Gasteiger partial charge in [0, 0.05) is 0 Å². The highest BCUT2D eigenvalue weighted by atomic mass is 16.6. The van der Waals surface area contributed by atoms with Crippen LogP contribution < -0.4 is 5.32 Å². The number of amides is 1. The summed E-state index contributed by atoms with van der Waals surface area (Å²) in [7, 11) is 0. The van der Waals surface area contributed by atoms with E-state index in [1.165, 1.54) is 12.2 Å². The zero-order valence-electron chi connectivity index (χ0n) is 10.1. The monoisotopic (exact) mass is 245 g/mol. The van der Waals surface area contributed by atoms with E-state index in [1.54, 1.807) is 20.8 Å². The Labute approximate surface area is 99.9 Å². The first-order chi connectivity index (χ1) is 7.70. The van der Waals surface area contributed by atoms with Gasteiger partial charge in [0.2, 0.25) is 0 Å². The van der Waals surface area contributed by atoms with E-state index in [0.29, 0.717) is 0 Å². The molecule has 0 aliphatic heterocycles. The molecule has 1 rings (SSSR count). The molecule has 0 aromatic carbocycles. The molecule has 6 heteroatoms. The molecule has 0 unspecified atom stereocenters. The third-order valence-electron chi connectivity index (χ3n) is 2.27. The second-order valence-corrected chi connectivity index (χ2v) is 5.03. The van der Waals surface area contributed by atoms with Crippen molar-refractivity contribution < 1.29 is 24.9 Å². The third kappa shape index (κ3) is 3.99. The topological polar surface area (TPSA) is 99.0 Å². The summed E-state index contributed by atoms with van der Waals surface area (Å²) in [5, 5.41) is 30.7. The van der Waals surface area contributed by atoms with E-state index in [9.17, 15) is 20.1 Å². The van der Waals surface area contributed by atoms with Crippen LogP contribution in [0.3, 0.4) is 0 Å². The summed E-state index contributed by atoms with van der Waals surface area (Å²) in [6.45, 7) is 5.16. The largest absolute Gasteiger partial charge is 0.444 e. The Bertz CT molecular complexity index is 309. The van der Waals surface area contributed by atoms with Gasteiger partial charge in [-0.3, -0.25) is 0 Å². The molecule has 0 saturated carbocycles. The minimum Gasteiger partial charge on any atom is -0.444 e. The van der Waals surface area contributed by atoms with Gasteiger partial charge in [0.05, 0.1) is 6.04 Å². The minimum atomic E-state index is -1.32. The molecular formula is C11H19NO5. The van der Waals surface area contributed by atoms with Crippen molar-refractivity contribution in [2.45, 2.75) is 50.7 Å². The van der Waals surface area contributed by atoms with E-state index in [2.05, 4.69) is 5.32 Å². The molecule has 17 heavy (non-hydrogen) atoms. The molecule has 4 N–H and O–H groups in total. The van der Waals surface area contributed by atoms with Gasteiger partial charge >= 0.3 is 6.09 Å². The summed E-state index contributed by atoms with van der Waals surface area (Å²) in [6, 6.07) is -0.775. The first kappa shape index (κ1) is 14.0. The zero-order valence-corrected chi connectivity index (χ0v) is 10.1. The Morgan fingerprint density at radius 1 is 1.18 bits per heavy atom. The average Bonchev–Trinajstić information content (AvgIpc) is 2.16. The maximum atomic E-state index is 11.4. The van der Waals surface area contributed by atoms with Gasteiger partial charge in [-0.25, -0.2) is 4.79 Å². The number of hydrogen-bond acceptors (Lipinski definition) is 5. The Hall–Kier alpha value is -1.11. The summed E-state index contributed by atoms with van der Waals surface area (Å²) in [6.07, 6.45) is -1.65. The Morgan fingerprint density at radius 2 is 1.76 bits per heavy atom. The second kappa shape index (κ2) is 5.03. The van der Waals surface area contributed by atoms with E-state index in [1.807, 2.05) is 0 Å². The summed E-state index contributed by atoms with van der Waals surface area (Å²) in [5.41, 5.74) is -0.633. The number of carbonyl (C=O) groups is 1. The summed E-state index contributed by atoms with van der Waals surface area (Å²) in [4.78, 5) is 11.4. The van der Waals surface area contributed by atoms with E-state index < -0.39 is 36.0 Å². The van der Waals surface area contributed by atoms with Crippen molar-refractivity contribution in [2.24, 2.45) is 0 Å². The maximum absolute atomic E-state index is 11.4. The molecule has 0 heterocycles. The number of aliphatic hydroxyl groups excluding tert-OH is 3. The molecule has 1 aliphatic carbocycles. The number of rotatable bonds is 1. The molecular weight excluding hydrogens is 226 g/mol. The highest BCUT2D eigenvalue weighted by Gasteiger charge is 2.34. The van der Waals surface area contributed by atoms with Gasteiger partial charge in [-0.2, -0.15) is 0 Å². The SMILES string of the molecule is CC(C)(C)OC(=O)N[C@@H]1C=C[C@H](O)[C@@H](O)[C@H]1O. The van der Waals surface area contributed by atoms with Gasteiger partial charge < -0.3 is 25.4 Å². The molecule has 0 radical (unpaired) electrons. The number of alkyl carbamates (subject to hydrolysis) is 1. The molecule has 98 valence electrons. The van der Waals surface area contributed by atoms with Crippen molar-refractivity contribution >= 4 is 6.09 Å². The summed E-state index contributed by atoms with van der Waals surface area (Å²) in [5.74, 6) is 0. The van der Waals surface area contributed by atoms with Crippen LogP contribution in [0.5, 0.6) is 0 Å². The number of aliphatic hydroxyl groups is 3. The quantitative estimate of drug-likeness (QED) is 0.468. The fourth-order valence-electron chi connectivity index (χ4n) is 1.45. The minimum absolute atomic E-state index is 0.633. The van der Waals surface area contributed by atoms with E-state index >= 15 is 0 Å². The van der Waals surface area contributed by atoms with E-state index in [4.69, 9.17) is 4.74 Å². The predicted molar refractivity (Wildman–Crippen MR) is 60.3 cm³/mol. The van der Waals surface area contributed by atoms with Gasteiger partial charge in [0.25, 0.3) is 0 Å². The van der Waals surface area contributed by atoms with Crippen molar-refractivity contribution in [2.75, 3.05) is 0 Å². The fourth-order valence-corrected chi connectivity index (χ4v) is 1.45. The van der Waals surface area contributed by atoms with Crippen LogP contribution in [-0.4, -0.2) is 51.4 Å². The number of carbonyl (C=O) groups excluding carboxylic acids is 1. The van der Waals surface area contributed by atoms with Crippen LogP contribution in [0.25, 0.3) is 0 Å². The van der Waals surface area contributed by atoms with E-state index in [-0.39, 0.29) is 0 Å². The second-order valence-electron chi connectivity index (χ2n) is 5.03. The lowest BCUT2D eigenvalue weighted by molar-refractivity contribution is -0.0572. The van der Waals surface area contributed by atoms with Crippen molar-refractivity contribution in [1.29, 1.82) is 0 Å². The lowest BCUT2D eigenvalue weighted by Crippen LogP contribution is -2.54. The zero-order chi connectivity index (χ0) is 13.2. The molecule has 1 aliphatic rings. The maximum Gasteiger partial charge on any atom is 0.408 e. The molecule has 0 aromatic heterocycles. The standard InChI is InChI=1S/C11H19NO5/c1-11(2,3)17-10(16)12-6-4-5-7(13)9(15)8(6)14/h4-9,13-15H,1-3H3,(H,12,16)/t6-,7+,8+,9-/m1/s1. The van der Waals surface area contributed by atoms with Crippen molar-refractivity contribution in [3.05, 3.63) is 12.2 Å². The predicted octanol–water partition coefficient (Wildman–Crippen LogP) is -0.468. The van der Waals surface area contributed by atoms with Crippen molar-refractivity contribution in [3.63, 3.8) is 0 Å². The van der Waals surface area contributed by atoms with Gasteiger partial charge in [-0.1, -0.05) is 12.2 Å². The molecule has 0 fully saturated rings. The molecule has 0 aromatic rings. The fraction of sp³-hybridized carbons (Fsp3) is 0.727. The van der Waals surface area contributed by atoms with Crippen LogP contribution in [0.2, 0.25) is 0 Å². The van der Waals surface area contributed by atoms with Crippen LogP contribution in [0.1, 0.15) is 20.8 Å². The normalized spacial score (nSPS) is 33.3. The lowest BCUT2D eigenvalue weighted by Gasteiger charge is -2.31. The Kier molecular flexibility index (Phi) is 4.13. The first-order valence-electron chi connectivity index (χ1n) is 5.43. The number of nitrogens with one attached hydrogen (secondary N) is 1. The van der Waals surface area contributed by atoms with Gasteiger partial charge in [0.1, 0.15) is 23.9 Å². The van der Waals surface area contributed by atoms with Gasteiger partial charge in [-0.05, 0) is 20.8 Å². The molecule has 6 nitrogen and oxygen atoms in total. The highest BCUT2D eigenvalue weighted by Crippen LogP contribution is 2.14. The third-order valence-corrected chi connectivity index (χ3v) is 2.27. The Morgan fingerprint density at radius 3 is 2.29 bits per heavy atom. The van der Waals surface area contributed by atoms with Crippen LogP contribution in [-0.2, 0) is 4.74 Å². The van der Waals surface area contributed by atoms with Crippen LogP contribution in [0.15, 0.2) is 12.2 Å². The molecule has 0 spiro atoms. The van der Waals surface area contributed by atoms with Crippen LogP contribution in [0, 0.1) is 0 Å². The van der Waals surface area contributed by atoms with Crippen LogP contribution >= 0.6 is 0 Å². The molecule has 4 atom stereocenters. The van der Waals surface area contributed by atoms with Crippen LogP contribution in [0.4, 0.5) is 4.79 Å². The van der Waals surface area contributed by atoms with Crippen molar-refractivity contribution in [3.8, 4) is 0 Å². The smallest absolute Gasteiger partial charge is 0.408 e. The van der Waals surface area contributed by atoms with Gasteiger partial charge in [0.15, 0.2) is 0 Å². The summed E-state index contributed by atoms with van der Waals surface area (Å²) < 4.78 is 5.01. The molecule has 1 amide bonds.